The Morgan fingerprint density at radius 3 is 2.76 bits per heavy atom. The molecule has 0 saturated heterocycles. The molecule has 0 amide bonds. The van der Waals surface area contributed by atoms with Gasteiger partial charge >= 0.3 is 0 Å². The molecule has 0 aliphatic heterocycles. The predicted octanol–water partition coefficient (Wildman–Crippen LogP) is 4.20. The first-order valence-electron chi connectivity index (χ1n) is 7.73. The molecule has 0 atom stereocenters. The Morgan fingerprint density at radius 1 is 1.16 bits per heavy atom. The lowest BCUT2D eigenvalue weighted by atomic mass is 10.3. The fraction of sp³-hybridized carbons (Fsp3) is 0.167. The number of aromatic nitrogens is 3. The van der Waals surface area contributed by atoms with E-state index in [0.717, 1.165) is 16.9 Å². The molecule has 3 rings (SSSR count). The third kappa shape index (κ3) is 4.58. The van der Waals surface area contributed by atoms with Gasteiger partial charge in [0.25, 0.3) is 0 Å². The van der Waals surface area contributed by atoms with Gasteiger partial charge in [0.1, 0.15) is 11.6 Å². The third-order valence-electron chi connectivity index (χ3n) is 3.45. The summed E-state index contributed by atoms with van der Waals surface area (Å²) in [5.74, 6) is 1.86. The highest BCUT2D eigenvalue weighted by atomic mass is 35.5. The third-order valence-corrected chi connectivity index (χ3v) is 3.75. The molecule has 0 fully saturated rings. The van der Waals surface area contributed by atoms with Crippen LogP contribution in [-0.2, 0) is 6.54 Å². The quantitative estimate of drug-likeness (QED) is 0.690. The second-order valence-corrected chi connectivity index (χ2v) is 5.81. The van der Waals surface area contributed by atoms with Crippen LogP contribution in [0.4, 0.5) is 17.5 Å². The minimum Gasteiger partial charge on any atom is -0.495 e. The molecule has 0 unspecified atom stereocenters. The Kier molecular flexibility index (Phi) is 5.30. The highest BCUT2D eigenvalue weighted by Crippen LogP contribution is 2.28. The minimum absolute atomic E-state index is 0.535. The zero-order chi connectivity index (χ0) is 17.6. The number of pyridine rings is 1. The highest BCUT2D eigenvalue weighted by molar-refractivity contribution is 6.32. The molecule has 0 bridgehead atoms. The number of nitrogens with one attached hydrogen (secondary N) is 2. The minimum atomic E-state index is 0.535. The molecule has 128 valence electrons. The zero-order valence-corrected chi connectivity index (χ0v) is 14.7. The summed E-state index contributed by atoms with van der Waals surface area (Å²) < 4.78 is 5.16. The number of halogens is 1. The number of aryl methyl sites for hydroxylation is 1. The molecule has 0 radical (unpaired) electrons. The summed E-state index contributed by atoms with van der Waals surface area (Å²) in [6, 6.07) is 11.2. The first-order valence-corrected chi connectivity index (χ1v) is 8.11. The second kappa shape index (κ2) is 7.81. The molecule has 1 aromatic carbocycles. The van der Waals surface area contributed by atoms with Crippen molar-refractivity contribution >= 4 is 29.1 Å². The summed E-state index contributed by atoms with van der Waals surface area (Å²) in [4.78, 5) is 13.0. The molecule has 0 aliphatic carbocycles. The molecule has 0 saturated carbocycles. The first-order chi connectivity index (χ1) is 12.1. The van der Waals surface area contributed by atoms with E-state index < -0.39 is 0 Å². The first kappa shape index (κ1) is 17.0. The van der Waals surface area contributed by atoms with E-state index in [2.05, 4.69) is 25.6 Å². The fourth-order valence-corrected chi connectivity index (χ4v) is 2.55. The maximum Gasteiger partial charge on any atom is 0.225 e. The van der Waals surface area contributed by atoms with Crippen molar-refractivity contribution in [2.45, 2.75) is 13.5 Å². The van der Waals surface area contributed by atoms with Gasteiger partial charge in [0.2, 0.25) is 5.95 Å². The Bertz CT molecular complexity index is 857. The molecule has 25 heavy (non-hydrogen) atoms. The topological polar surface area (TPSA) is 72.0 Å². The summed E-state index contributed by atoms with van der Waals surface area (Å²) in [5.41, 5.74) is 2.73. The summed E-state index contributed by atoms with van der Waals surface area (Å²) in [5, 5.41) is 6.98. The summed E-state index contributed by atoms with van der Waals surface area (Å²) in [6.07, 6.45) is 3.55. The maximum absolute atomic E-state index is 6.16. The van der Waals surface area contributed by atoms with Gasteiger partial charge in [-0.3, -0.25) is 4.98 Å². The molecule has 3 aromatic rings. The molecule has 2 heterocycles. The van der Waals surface area contributed by atoms with E-state index >= 15 is 0 Å². The normalized spacial score (nSPS) is 10.4. The average Bonchev–Trinajstić information content (AvgIpc) is 2.61. The van der Waals surface area contributed by atoms with Crippen molar-refractivity contribution in [1.29, 1.82) is 0 Å². The van der Waals surface area contributed by atoms with Crippen LogP contribution in [0.15, 0.2) is 48.8 Å². The van der Waals surface area contributed by atoms with Gasteiger partial charge in [-0.2, -0.15) is 4.98 Å². The number of ether oxygens (including phenoxy) is 1. The molecule has 2 N–H and O–H groups in total. The van der Waals surface area contributed by atoms with Gasteiger partial charge < -0.3 is 15.4 Å². The Hall–Kier alpha value is -2.86. The Balaban J connectivity index is 1.74. The van der Waals surface area contributed by atoms with Gasteiger partial charge in [0, 0.05) is 36.4 Å². The van der Waals surface area contributed by atoms with Crippen molar-refractivity contribution in [2.24, 2.45) is 0 Å². The Morgan fingerprint density at radius 2 is 2.04 bits per heavy atom. The fourth-order valence-electron chi connectivity index (χ4n) is 2.29. The van der Waals surface area contributed by atoms with E-state index in [1.165, 1.54) is 0 Å². The molecule has 6 nitrogen and oxygen atoms in total. The average molecular weight is 356 g/mol. The van der Waals surface area contributed by atoms with Crippen LogP contribution in [0.5, 0.6) is 5.75 Å². The van der Waals surface area contributed by atoms with E-state index in [9.17, 15) is 0 Å². The Labute approximate surface area is 151 Å². The summed E-state index contributed by atoms with van der Waals surface area (Å²) in [6.45, 7) is 2.52. The monoisotopic (exact) mass is 355 g/mol. The van der Waals surface area contributed by atoms with Crippen molar-refractivity contribution in [3.8, 4) is 5.75 Å². The van der Waals surface area contributed by atoms with E-state index in [-0.39, 0.29) is 0 Å². The van der Waals surface area contributed by atoms with Crippen molar-refractivity contribution in [3.63, 3.8) is 0 Å². The van der Waals surface area contributed by atoms with Gasteiger partial charge in [0.05, 0.1) is 12.1 Å². The van der Waals surface area contributed by atoms with Crippen LogP contribution in [0, 0.1) is 6.92 Å². The number of hydrogen-bond donors (Lipinski definition) is 2. The van der Waals surface area contributed by atoms with E-state index in [0.29, 0.717) is 29.1 Å². The van der Waals surface area contributed by atoms with Gasteiger partial charge in [-0.25, -0.2) is 4.98 Å². The largest absolute Gasteiger partial charge is 0.495 e. The van der Waals surface area contributed by atoms with Crippen molar-refractivity contribution < 1.29 is 4.74 Å². The number of methoxy groups -OCH3 is 1. The number of nitrogens with zero attached hydrogens (tertiary/aromatic N) is 3. The van der Waals surface area contributed by atoms with Crippen LogP contribution in [0.2, 0.25) is 5.02 Å². The van der Waals surface area contributed by atoms with Gasteiger partial charge in [-0.1, -0.05) is 17.7 Å². The molecular formula is C18H18ClN5O. The van der Waals surface area contributed by atoms with Crippen LogP contribution >= 0.6 is 11.6 Å². The maximum atomic E-state index is 6.16. The van der Waals surface area contributed by atoms with Gasteiger partial charge in [-0.05, 0) is 36.8 Å². The number of anilines is 3. The molecule has 0 aliphatic rings. The molecular weight excluding hydrogens is 338 g/mol. The lowest BCUT2D eigenvalue weighted by Gasteiger charge is -2.11. The highest BCUT2D eigenvalue weighted by Gasteiger charge is 2.06. The van der Waals surface area contributed by atoms with Crippen LogP contribution in [0.25, 0.3) is 0 Å². The second-order valence-electron chi connectivity index (χ2n) is 5.41. The number of rotatable bonds is 6. The van der Waals surface area contributed by atoms with Gasteiger partial charge in [-0.15, -0.1) is 0 Å². The number of benzene rings is 1. The smallest absolute Gasteiger partial charge is 0.225 e. The van der Waals surface area contributed by atoms with Crippen LogP contribution in [0.1, 0.15) is 11.3 Å². The standard InChI is InChI=1S/C18H18ClN5O/c1-12-8-17(23-14-5-6-16(25-2)15(19)9-14)24-18(22-12)21-11-13-4-3-7-20-10-13/h3-10H,11H2,1-2H3,(H2,21,22,23,24). The summed E-state index contributed by atoms with van der Waals surface area (Å²) in [7, 11) is 1.59. The van der Waals surface area contributed by atoms with Crippen molar-refractivity contribution in [3.05, 3.63) is 65.1 Å². The van der Waals surface area contributed by atoms with Crippen LogP contribution < -0.4 is 15.4 Å². The zero-order valence-electron chi connectivity index (χ0n) is 14.0. The predicted molar refractivity (Wildman–Crippen MR) is 99.6 cm³/mol. The number of hydrogen-bond acceptors (Lipinski definition) is 6. The lowest BCUT2D eigenvalue weighted by molar-refractivity contribution is 0.415. The SMILES string of the molecule is COc1ccc(Nc2cc(C)nc(NCc3cccnc3)n2)cc1Cl. The molecule has 0 spiro atoms. The van der Waals surface area contributed by atoms with E-state index in [4.69, 9.17) is 16.3 Å². The molecule has 7 heteroatoms. The molecule has 2 aromatic heterocycles. The van der Waals surface area contributed by atoms with E-state index in [1.54, 1.807) is 31.6 Å². The summed E-state index contributed by atoms with van der Waals surface area (Å²) >= 11 is 6.16. The van der Waals surface area contributed by atoms with Crippen molar-refractivity contribution in [2.75, 3.05) is 17.7 Å². The van der Waals surface area contributed by atoms with Crippen LogP contribution in [0.3, 0.4) is 0 Å². The van der Waals surface area contributed by atoms with E-state index in [1.807, 2.05) is 31.2 Å². The lowest BCUT2D eigenvalue weighted by Crippen LogP contribution is -2.06. The van der Waals surface area contributed by atoms with Gasteiger partial charge in [0.15, 0.2) is 0 Å². The van der Waals surface area contributed by atoms with Crippen LogP contribution in [-0.4, -0.2) is 22.1 Å². The van der Waals surface area contributed by atoms with Crippen molar-refractivity contribution in [1.82, 2.24) is 15.0 Å².